The van der Waals surface area contributed by atoms with Crippen molar-refractivity contribution in [3.63, 3.8) is 0 Å². The van der Waals surface area contributed by atoms with Crippen molar-refractivity contribution in [1.82, 2.24) is 10.4 Å². The van der Waals surface area contributed by atoms with Gasteiger partial charge in [-0.3, -0.25) is 5.43 Å². The fourth-order valence-electron chi connectivity index (χ4n) is 4.79. The Balaban J connectivity index is 1.26. The van der Waals surface area contributed by atoms with E-state index in [4.69, 9.17) is 14.2 Å². The monoisotopic (exact) mass is 469 g/mol. The van der Waals surface area contributed by atoms with Crippen molar-refractivity contribution in [2.24, 2.45) is 0 Å². The van der Waals surface area contributed by atoms with Gasteiger partial charge in [-0.15, -0.1) is 0 Å². The predicted octanol–water partition coefficient (Wildman–Crippen LogP) is 5.09. The molecule has 0 aromatic heterocycles. The zero-order valence-electron chi connectivity index (χ0n) is 19.8. The van der Waals surface area contributed by atoms with E-state index >= 15 is 0 Å². The zero-order valence-corrected chi connectivity index (χ0v) is 19.8. The summed E-state index contributed by atoms with van der Waals surface area (Å²) >= 11 is 0. The summed E-state index contributed by atoms with van der Waals surface area (Å²) in [6, 6.07) is 21.5. The molecule has 0 radical (unpaired) electrons. The first-order valence-corrected chi connectivity index (χ1v) is 11.8. The molecule has 2 N–H and O–H groups in total. The van der Waals surface area contributed by atoms with E-state index in [1.54, 1.807) is 5.01 Å². The van der Waals surface area contributed by atoms with E-state index in [0.717, 1.165) is 51.6 Å². The second kappa shape index (κ2) is 8.27. The predicted molar refractivity (Wildman–Crippen MR) is 134 cm³/mol. The SMILES string of the molecule is CC1(C)Cc2cc(NC(=O)N3CC(c4ccccc4)=C(c4ccc5c(c4)OCCO5)N3)ccc2O1. The van der Waals surface area contributed by atoms with E-state index in [0.29, 0.717) is 25.5 Å². The Morgan fingerprint density at radius 2 is 1.69 bits per heavy atom. The summed E-state index contributed by atoms with van der Waals surface area (Å²) in [4.78, 5) is 13.3. The molecule has 6 rings (SSSR count). The molecule has 178 valence electrons. The van der Waals surface area contributed by atoms with Crippen LogP contribution in [-0.4, -0.2) is 36.4 Å². The van der Waals surface area contributed by atoms with E-state index in [-0.39, 0.29) is 11.6 Å². The molecule has 3 aliphatic heterocycles. The van der Waals surface area contributed by atoms with Gasteiger partial charge in [-0.2, -0.15) is 0 Å². The van der Waals surface area contributed by atoms with Crippen molar-refractivity contribution in [1.29, 1.82) is 0 Å². The maximum absolute atomic E-state index is 13.3. The van der Waals surface area contributed by atoms with E-state index < -0.39 is 0 Å². The number of benzene rings is 3. The largest absolute Gasteiger partial charge is 0.487 e. The third-order valence-electron chi connectivity index (χ3n) is 6.38. The normalized spacial score (nSPS) is 17.5. The van der Waals surface area contributed by atoms with Gasteiger partial charge in [0.05, 0.1) is 12.2 Å². The van der Waals surface area contributed by atoms with Gasteiger partial charge in [0.25, 0.3) is 0 Å². The molecule has 0 atom stereocenters. The van der Waals surface area contributed by atoms with Crippen LogP contribution in [0.15, 0.2) is 66.7 Å². The van der Waals surface area contributed by atoms with Gasteiger partial charge in [-0.25, -0.2) is 9.80 Å². The molecule has 0 saturated heterocycles. The molecule has 3 heterocycles. The highest BCUT2D eigenvalue weighted by Crippen LogP contribution is 2.38. The van der Waals surface area contributed by atoms with Crippen LogP contribution < -0.4 is 25.0 Å². The maximum Gasteiger partial charge on any atom is 0.340 e. The minimum absolute atomic E-state index is 0.228. The average Bonchev–Trinajstić information content (AvgIpc) is 3.44. The van der Waals surface area contributed by atoms with Crippen LogP contribution in [0.3, 0.4) is 0 Å². The van der Waals surface area contributed by atoms with Gasteiger partial charge in [0.1, 0.15) is 24.6 Å². The van der Waals surface area contributed by atoms with Gasteiger partial charge in [-0.1, -0.05) is 30.3 Å². The second-order valence-corrected chi connectivity index (χ2v) is 9.57. The highest BCUT2D eigenvalue weighted by Gasteiger charge is 2.31. The van der Waals surface area contributed by atoms with Gasteiger partial charge in [0, 0.05) is 28.8 Å². The number of hydrazine groups is 1. The summed E-state index contributed by atoms with van der Waals surface area (Å²) in [5.74, 6) is 2.32. The summed E-state index contributed by atoms with van der Waals surface area (Å²) < 4.78 is 17.4. The quantitative estimate of drug-likeness (QED) is 0.559. The van der Waals surface area contributed by atoms with E-state index in [1.165, 1.54) is 0 Å². The lowest BCUT2D eigenvalue weighted by molar-refractivity contribution is 0.138. The van der Waals surface area contributed by atoms with E-state index in [9.17, 15) is 4.79 Å². The minimum Gasteiger partial charge on any atom is -0.487 e. The highest BCUT2D eigenvalue weighted by atomic mass is 16.6. The molecule has 0 saturated carbocycles. The molecule has 0 bridgehead atoms. The Bertz CT molecular complexity index is 1330. The summed E-state index contributed by atoms with van der Waals surface area (Å²) in [7, 11) is 0. The lowest BCUT2D eigenvalue weighted by Crippen LogP contribution is -2.40. The third kappa shape index (κ3) is 4.14. The minimum atomic E-state index is -0.232. The van der Waals surface area contributed by atoms with Crippen molar-refractivity contribution < 1.29 is 19.0 Å². The number of hydrogen-bond donors (Lipinski definition) is 2. The van der Waals surface area contributed by atoms with Crippen molar-refractivity contribution in [3.8, 4) is 17.2 Å². The number of anilines is 1. The number of hydrogen-bond acceptors (Lipinski definition) is 5. The molecule has 35 heavy (non-hydrogen) atoms. The number of ether oxygens (including phenoxy) is 3. The molecule has 0 fully saturated rings. The van der Waals surface area contributed by atoms with E-state index in [1.807, 2.05) is 54.6 Å². The first-order valence-electron chi connectivity index (χ1n) is 11.8. The van der Waals surface area contributed by atoms with E-state index in [2.05, 4.69) is 36.7 Å². The molecule has 0 aliphatic carbocycles. The Kier molecular flexibility index (Phi) is 5.06. The number of urea groups is 1. The van der Waals surface area contributed by atoms with Gasteiger partial charge < -0.3 is 19.5 Å². The summed E-state index contributed by atoms with van der Waals surface area (Å²) in [6.07, 6.45) is 0.808. The topological polar surface area (TPSA) is 72.1 Å². The Morgan fingerprint density at radius 1 is 0.914 bits per heavy atom. The number of rotatable bonds is 3. The molecule has 0 unspecified atom stereocenters. The zero-order chi connectivity index (χ0) is 24.0. The molecular formula is C28H27N3O4. The fourth-order valence-corrected chi connectivity index (χ4v) is 4.79. The lowest BCUT2D eigenvalue weighted by atomic mass is 10.0. The number of nitrogens with one attached hydrogen (secondary N) is 2. The van der Waals surface area contributed by atoms with Crippen molar-refractivity contribution in [2.75, 3.05) is 25.1 Å². The average molecular weight is 470 g/mol. The van der Waals surface area contributed by atoms with Crippen LogP contribution in [0, 0.1) is 0 Å². The van der Waals surface area contributed by atoms with Crippen LogP contribution in [0.1, 0.15) is 30.5 Å². The van der Waals surface area contributed by atoms with Gasteiger partial charge in [0.15, 0.2) is 11.5 Å². The molecule has 7 nitrogen and oxygen atoms in total. The second-order valence-electron chi connectivity index (χ2n) is 9.57. The third-order valence-corrected chi connectivity index (χ3v) is 6.38. The molecular weight excluding hydrogens is 442 g/mol. The Labute approximate surface area is 204 Å². The van der Waals surface area contributed by atoms with Crippen LogP contribution in [0.5, 0.6) is 17.2 Å². The Hall–Kier alpha value is -4.13. The van der Waals surface area contributed by atoms with Gasteiger partial charge in [0.2, 0.25) is 0 Å². The first-order chi connectivity index (χ1) is 16.9. The van der Waals surface area contributed by atoms with Gasteiger partial charge in [-0.05, 0) is 55.8 Å². The summed E-state index contributed by atoms with van der Waals surface area (Å²) in [5.41, 5.74) is 8.82. The summed E-state index contributed by atoms with van der Waals surface area (Å²) in [6.45, 7) is 5.61. The number of carbonyl (C=O) groups excluding carboxylic acids is 1. The van der Waals surface area contributed by atoms with Crippen LogP contribution in [-0.2, 0) is 6.42 Å². The van der Waals surface area contributed by atoms with Crippen LogP contribution in [0.2, 0.25) is 0 Å². The summed E-state index contributed by atoms with van der Waals surface area (Å²) in [5, 5.41) is 4.63. The van der Waals surface area contributed by atoms with Crippen LogP contribution >= 0.6 is 0 Å². The number of fused-ring (bicyclic) bond motifs is 2. The number of nitrogens with zero attached hydrogens (tertiary/aromatic N) is 1. The standard InChI is InChI=1S/C28H27N3O4/c1-28(2)16-20-14-21(9-11-23(20)35-28)29-27(32)31-17-22(18-6-4-3-5-7-18)26(30-31)19-8-10-24-25(15-19)34-13-12-33-24/h3-11,14-15,30H,12-13,16-17H2,1-2H3,(H,29,32). The van der Waals surface area contributed by atoms with Gasteiger partial charge >= 0.3 is 6.03 Å². The fraction of sp³-hybridized carbons (Fsp3) is 0.250. The molecule has 3 aliphatic rings. The smallest absolute Gasteiger partial charge is 0.340 e. The van der Waals surface area contributed by atoms with Crippen molar-refractivity contribution in [3.05, 3.63) is 83.4 Å². The number of carbonyl (C=O) groups is 1. The lowest BCUT2D eigenvalue weighted by Gasteiger charge is -2.21. The first kappa shape index (κ1) is 21.4. The Morgan fingerprint density at radius 3 is 2.51 bits per heavy atom. The van der Waals surface area contributed by atoms with Crippen molar-refractivity contribution in [2.45, 2.75) is 25.9 Å². The molecule has 0 spiro atoms. The van der Waals surface area contributed by atoms with Crippen molar-refractivity contribution >= 4 is 23.0 Å². The molecule has 3 aromatic rings. The molecule has 2 amide bonds. The number of amides is 2. The van der Waals surface area contributed by atoms with Crippen LogP contribution in [0.4, 0.5) is 10.5 Å². The molecule has 7 heteroatoms. The highest BCUT2D eigenvalue weighted by molar-refractivity contribution is 5.98. The maximum atomic E-state index is 13.3. The van der Waals surface area contributed by atoms with Crippen LogP contribution in [0.25, 0.3) is 11.3 Å². The molecule has 3 aromatic carbocycles.